The van der Waals surface area contributed by atoms with E-state index in [2.05, 4.69) is 4.99 Å². The van der Waals surface area contributed by atoms with E-state index < -0.39 is 17.9 Å². The molecule has 1 aliphatic heterocycles. The Balaban J connectivity index is 3.16. The van der Waals surface area contributed by atoms with E-state index in [1.54, 1.807) is 0 Å². The maximum atomic E-state index is 10.9. The van der Waals surface area contributed by atoms with Crippen molar-refractivity contribution in [2.75, 3.05) is 14.2 Å². The lowest BCUT2D eigenvalue weighted by atomic mass is 9.97. The molecule has 7 heteroatoms. The second-order valence-corrected chi connectivity index (χ2v) is 3.04. The SMILES string of the molecule is COC1=NC(OC)=C(C(=O)O)CC1C(=O)O. The second-order valence-electron chi connectivity index (χ2n) is 3.04. The first-order valence-corrected chi connectivity index (χ1v) is 4.37. The number of ether oxygens (including phenoxy) is 2. The van der Waals surface area contributed by atoms with Gasteiger partial charge in [-0.3, -0.25) is 4.79 Å². The fourth-order valence-electron chi connectivity index (χ4n) is 1.35. The maximum Gasteiger partial charge on any atom is 0.337 e. The zero-order valence-corrected chi connectivity index (χ0v) is 8.76. The molecule has 1 unspecified atom stereocenters. The van der Waals surface area contributed by atoms with Gasteiger partial charge in [-0.25, -0.2) is 4.79 Å². The summed E-state index contributed by atoms with van der Waals surface area (Å²) in [4.78, 5) is 25.4. The molecule has 0 aliphatic carbocycles. The Morgan fingerprint density at radius 1 is 1.31 bits per heavy atom. The highest BCUT2D eigenvalue weighted by Gasteiger charge is 2.34. The van der Waals surface area contributed by atoms with Crippen LogP contribution in [0.25, 0.3) is 0 Å². The summed E-state index contributed by atoms with van der Waals surface area (Å²) in [5.41, 5.74) is -0.171. The van der Waals surface area contributed by atoms with Gasteiger partial charge in [-0.15, -0.1) is 0 Å². The molecule has 1 atom stereocenters. The summed E-state index contributed by atoms with van der Waals surface area (Å²) >= 11 is 0. The minimum absolute atomic E-state index is 0.0608. The summed E-state index contributed by atoms with van der Waals surface area (Å²) in [5, 5.41) is 17.7. The molecule has 0 saturated carbocycles. The summed E-state index contributed by atoms with van der Waals surface area (Å²) in [6, 6.07) is 0. The number of rotatable bonds is 3. The number of aliphatic carboxylic acids is 2. The molecule has 0 bridgehead atoms. The third-order valence-electron chi connectivity index (χ3n) is 2.13. The van der Waals surface area contributed by atoms with Gasteiger partial charge in [-0.2, -0.15) is 4.99 Å². The van der Waals surface area contributed by atoms with Crippen LogP contribution in [0, 0.1) is 5.92 Å². The number of carboxylic acids is 2. The monoisotopic (exact) mass is 229 g/mol. The average molecular weight is 229 g/mol. The molecule has 0 amide bonds. The Morgan fingerprint density at radius 3 is 2.31 bits per heavy atom. The van der Waals surface area contributed by atoms with Gasteiger partial charge < -0.3 is 19.7 Å². The Labute approximate surface area is 91.0 Å². The summed E-state index contributed by atoms with van der Waals surface area (Å²) in [6.45, 7) is 0. The number of hydrogen-bond acceptors (Lipinski definition) is 5. The molecular weight excluding hydrogens is 218 g/mol. The van der Waals surface area contributed by atoms with Crippen LogP contribution in [0.3, 0.4) is 0 Å². The van der Waals surface area contributed by atoms with Crippen LogP contribution in [0.1, 0.15) is 6.42 Å². The van der Waals surface area contributed by atoms with Gasteiger partial charge in [-0.05, 0) is 0 Å². The number of methoxy groups -OCH3 is 2. The van der Waals surface area contributed by atoms with Gasteiger partial charge in [0.25, 0.3) is 0 Å². The van der Waals surface area contributed by atoms with Gasteiger partial charge in [0.05, 0.1) is 14.2 Å². The number of carbonyl (C=O) groups is 2. The van der Waals surface area contributed by atoms with Crippen molar-refractivity contribution < 1.29 is 29.3 Å². The molecule has 0 aromatic heterocycles. The van der Waals surface area contributed by atoms with Crippen molar-refractivity contribution in [3.05, 3.63) is 11.5 Å². The molecule has 0 radical (unpaired) electrons. The standard InChI is InChI=1S/C9H11NO6/c1-15-6-4(8(11)12)3-5(9(13)14)7(10-6)16-2/h4H,3H2,1-2H3,(H,11,12)(H,13,14). The topological polar surface area (TPSA) is 105 Å². The lowest BCUT2D eigenvalue weighted by molar-refractivity contribution is -0.140. The van der Waals surface area contributed by atoms with E-state index >= 15 is 0 Å². The third-order valence-corrected chi connectivity index (χ3v) is 2.13. The minimum atomic E-state index is -1.25. The van der Waals surface area contributed by atoms with Gasteiger partial charge in [0.15, 0.2) is 0 Å². The van der Waals surface area contributed by atoms with Crippen molar-refractivity contribution >= 4 is 17.8 Å². The molecule has 0 spiro atoms. The van der Waals surface area contributed by atoms with Gasteiger partial charge in [0.1, 0.15) is 11.5 Å². The van der Waals surface area contributed by atoms with E-state index in [-0.39, 0.29) is 23.8 Å². The summed E-state index contributed by atoms with van der Waals surface area (Å²) < 4.78 is 9.55. The van der Waals surface area contributed by atoms with Crippen molar-refractivity contribution in [3.8, 4) is 0 Å². The summed E-state index contributed by atoms with van der Waals surface area (Å²) in [7, 11) is 2.53. The largest absolute Gasteiger partial charge is 0.483 e. The van der Waals surface area contributed by atoms with Crippen molar-refractivity contribution in [1.82, 2.24) is 0 Å². The fraction of sp³-hybridized carbons (Fsp3) is 0.444. The number of aliphatic imine (C=N–C) groups is 1. The zero-order chi connectivity index (χ0) is 12.3. The molecule has 7 nitrogen and oxygen atoms in total. The Bertz CT molecular complexity index is 383. The van der Waals surface area contributed by atoms with E-state index in [1.165, 1.54) is 14.2 Å². The molecule has 1 heterocycles. The molecule has 0 fully saturated rings. The van der Waals surface area contributed by atoms with E-state index in [0.29, 0.717) is 0 Å². The highest BCUT2D eigenvalue weighted by atomic mass is 16.5. The van der Waals surface area contributed by atoms with Crippen LogP contribution in [0.4, 0.5) is 0 Å². The molecule has 1 aliphatic rings. The predicted molar refractivity (Wildman–Crippen MR) is 51.9 cm³/mol. The number of carboxylic acid groups (broad SMARTS) is 2. The van der Waals surface area contributed by atoms with Gasteiger partial charge in [-0.1, -0.05) is 0 Å². The average Bonchev–Trinajstić information content (AvgIpc) is 2.26. The highest BCUT2D eigenvalue weighted by molar-refractivity contribution is 6.01. The molecule has 0 saturated heterocycles. The molecule has 0 aromatic rings. The number of nitrogens with zero attached hydrogens (tertiary/aromatic N) is 1. The van der Waals surface area contributed by atoms with Gasteiger partial charge >= 0.3 is 11.9 Å². The van der Waals surface area contributed by atoms with Crippen LogP contribution in [0.5, 0.6) is 0 Å². The van der Waals surface area contributed by atoms with E-state index in [0.717, 1.165) is 0 Å². The first-order chi connectivity index (χ1) is 7.51. The zero-order valence-electron chi connectivity index (χ0n) is 8.76. The fourth-order valence-corrected chi connectivity index (χ4v) is 1.35. The third kappa shape index (κ3) is 2.13. The van der Waals surface area contributed by atoms with Crippen LogP contribution in [0.15, 0.2) is 16.4 Å². The van der Waals surface area contributed by atoms with Crippen molar-refractivity contribution in [1.29, 1.82) is 0 Å². The Morgan fingerprint density at radius 2 is 1.94 bits per heavy atom. The van der Waals surface area contributed by atoms with Crippen LogP contribution in [-0.2, 0) is 19.1 Å². The Kier molecular flexibility index (Phi) is 3.49. The van der Waals surface area contributed by atoms with Gasteiger partial charge in [0, 0.05) is 6.42 Å². The lowest BCUT2D eigenvalue weighted by Crippen LogP contribution is -2.30. The second kappa shape index (κ2) is 4.65. The minimum Gasteiger partial charge on any atom is -0.483 e. The quantitative estimate of drug-likeness (QED) is 0.709. The molecule has 16 heavy (non-hydrogen) atoms. The van der Waals surface area contributed by atoms with Crippen molar-refractivity contribution in [2.45, 2.75) is 6.42 Å². The molecule has 0 aromatic carbocycles. The summed E-state index contributed by atoms with van der Waals surface area (Å²) in [6.07, 6.45) is -0.208. The van der Waals surface area contributed by atoms with E-state index in [9.17, 15) is 9.59 Å². The maximum absolute atomic E-state index is 10.9. The number of hydrogen-bond donors (Lipinski definition) is 2. The molecule has 1 rings (SSSR count). The van der Waals surface area contributed by atoms with E-state index in [4.69, 9.17) is 19.7 Å². The normalized spacial score (nSPS) is 20.1. The van der Waals surface area contributed by atoms with Crippen LogP contribution < -0.4 is 0 Å². The van der Waals surface area contributed by atoms with E-state index in [1.807, 2.05) is 0 Å². The smallest absolute Gasteiger partial charge is 0.337 e. The first-order valence-electron chi connectivity index (χ1n) is 4.37. The predicted octanol–water partition coefficient (Wildman–Crippen LogP) is 0.0784. The molecular formula is C9H11NO6. The molecule has 2 N–H and O–H groups in total. The van der Waals surface area contributed by atoms with Crippen LogP contribution >= 0.6 is 0 Å². The lowest BCUT2D eigenvalue weighted by Gasteiger charge is -2.20. The van der Waals surface area contributed by atoms with Crippen LogP contribution in [0.2, 0.25) is 0 Å². The molecule has 88 valence electrons. The van der Waals surface area contributed by atoms with Crippen molar-refractivity contribution in [2.24, 2.45) is 10.9 Å². The van der Waals surface area contributed by atoms with Crippen molar-refractivity contribution in [3.63, 3.8) is 0 Å². The Hall–Kier alpha value is -2.05. The first kappa shape index (κ1) is 12.0. The van der Waals surface area contributed by atoms with Gasteiger partial charge in [0.2, 0.25) is 11.8 Å². The van der Waals surface area contributed by atoms with Crippen LogP contribution in [-0.4, -0.2) is 42.3 Å². The summed E-state index contributed by atoms with van der Waals surface area (Å²) in [5.74, 6) is -3.71. The highest BCUT2D eigenvalue weighted by Crippen LogP contribution is 2.25.